The molecule has 3 aliphatic heterocycles. The molecule has 184 valence electrons. The number of thiazole rings is 1. The molecule has 2 amide bonds. The molecule has 0 aliphatic carbocycles. The molecule has 15 nitrogen and oxygen atoms in total. The number of nitrogens with two attached hydrogens (primary N) is 1. The molecular formula is C17H16N8O7S3. The molecule has 18 heteroatoms. The van der Waals surface area contributed by atoms with Crippen molar-refractivity contribution in [2.75, 3.05) is 24.3 Å². The van der Waals surface area contributed by atoms with Gasteiger partial charge in [-0.15, -0.1) is 28.2 Å². The van der Waals surface area contributed by atoms with Gasteiger partial charge in [0.15, 0.2) is 22.0 Å². The number of rotatable bonds is 5. The summed E-state index contributed by atoms with van der Waals surface area (Å²) >= 11 is 3.36. The van der Waals surface area contributed by atoms with Crippen molar-refractivity contribution in [1.29, 1.82) is 0 Å². The second-order valence-corrected chi connectivity index (χ2v) is 10.7. The predicted octanol–water partition coefficient (Wildman–Crippen LogP) is -2.32. The number of carbonyl (C=O) groups is 3. The number of oxime groups is 1. The Morgan fingerprint density at radius 1 is 1.37 bits per heavy atom. The number of nitrogen functional groups attached to an aromatic ring is 1. The number of aliphatic carboxylic acids is 1. The molecule has 0 radical (unpaired) electrons. The van der Waals surface area contributed by atoms with Crippen LogP contribution in [0.1, 0.15) is 5.69 Å². The van der Waals surface area contributed by atoms with E-state index in [2.05, 4.69) is 25.5 Å². The summed E-state index contributed by atoms with van der Waals surface area (Å²) in [5, 5.41) is 21.6. The minimum Gasteiger partial charge on any atom is -0.480 e. The zero-order valence-electron chi connectivity index (χ0n) is 17.7. The normalized spacial score (nSPS) is 27.2. The van der Waals surface area contributed by atoms with Gasteiger partial charge in [0.2, 0.25) is 5.91 Å². The lowest BCUT2D eigenvalue weighted by molar-refractivity contribution is -0.168. The lowest BCUT2D eigenvalue weighted by Gasteiger charge is -2.58. The van der Waals surface area contributed by atoms with Crippen LogP contribution in [0.4, 0.5) is 5.13 Å². The van der Waals surface area contributed by atoms with Gasteiger partial charge in [-0.3, -0.25) is 24.2 Å². The highest BCUT2D eigenvalue weighted by Crippen LogP contribution is 2.47. The van der Waals surface area contributed by atoms with Crippen molar-refractivity contribution in [3.63, 3.8) is 0 Å². The van der Waals surface area contributed by atoms with Crippen molar-refractivity contribution >= 4 is 63.5 Å². The van der Waals surface area contributed by atoms with E-state index in [0.29, 0.717) is 0 Å². The maximum absolute atomic E-state index is 13.1. The first kappa shape index (κ1) is 23.4. The van der Waals surface area contributed by atoms with Gasteiger partial charge in [0.05, 0.1) is 0 Å². The SMILES string of the molecule is CO/N=C(\C(=O)N[C@@H]1C(=O)N2[C@@H]1SC[C@]1(CSc3nn1c(=O)c(=O)[nH]3)[C@H]2C(=O)O)c1csc(N)n1. The topological polar surface area (TPSA) is 215 Å². The number of aromatic amines is 1. The lowest BCUT2D eigenvalue weighted by Crippen LogP contribution is -2.81. The Morgan fingerprint density at radius 3 is 2.80 bits per heavy atom. The average molecular weight is 541 g/mol. The van der Waals surface area contributed by atoms with E-state index in [4.69, 9.17) is 10.6 Å². The first-order valence-electron chi connectivity index (χ1n) is 9.85. The molecule has 5 heterocycles. The third-order valence-corrected chi connectivity index (χ3v) is 9.01. The fourth-order valence-electron chi connectivity index (χ4n) is 4.22. The Kier molecular flexibility index (Phi) is 5.59. The van der Waals surface area contributed by atoms with E-state index in [1.165, 1.54) is 24.3 Å². The Bertz CT molecular complexity index is 1400. The maximum Gasteiger partial charge on any atom is 0.333 e. The van der Waals surface area contributed by atoms with Gasteiger partial charge >= 0.3 is 17.1 Å². The van der Waals surface area contributed by atoms with E-state index in [0.717, 1.165) is 32.7 Å². The summed E-state index contributed by atoms with van der Waals surface area (Å²) in [7, 11) is 1.24. The molecule has 2 bridgehead atoms. The van der Waals surface area contributed by atoms with E-state index < -0.39 is 51.9 Å². The molecule has 4 atom stereocenters. The summed E-state index contributed by atoms with van der Waals surface area (Å²) in [6.07, 6.45) is 0. The van der Waals surface area contributed by atoms with Crippen LogP contribution in [0.15, 0.2) is 25.3 Å². The molecule has 2 fully saturated rings. The number of thioether (sulfide) groups is 2. The molecule has 2 aromatic heterocycles. The first-order valence-corrected chi connectivity index (χ1v) is 12.8. The Morgan fingerprint density at radius 2 is 2.14 bits per heavy atom. The molecule has 5 rings (SSSR count). The molecule has 5 N–H and O–H groups in total. The van der Waals surface area contributed by atoms with Crippen molar-refractivity contribution in [1.82, 2.24) is 30.0 Å². The molecule has 0 aromatic carbocycles. The van der Waals surface area contributed by atoms with Crippen molar-refractivity contribution in [2.24, 2.45) is 5.16 Å². The fraction of sp³-hybridized carbons (Fsp3) is 0.412. The van der Waals surface area contributed by atoms with Gasteiger partial charge in [0.1, 0.15) is 29.8 Å². The van der Waals surface area contributed by atoms with E-state index in [1.807, 2.05) is 0 Å². The first-order chi connectivity index (χ1) is 16.7. The number of carboxylic acid groups (broad SMARTS) is 1. The zero-order valence-corrected chi connectivity index (χ0v) is 20.1. The number of nitrogens with zero attached hydrogens (tertiary/aromatic N) is 5. The molecule has 35 heavy (non-hydrogen) atoms. The van der Waals surface area contributed by atoms with Gasteiger partial charge in [-0.05, 0) is 0 Å². The molecule has 2 saturated heterocycles. The van der Waals surface area contributed by atoms with Crippen molar-refractivity contribution in [2.45, 2.75) is 28.2 Å². The van der Waals surface area contributed by atoms with E-state index in [1.54, 1.807) is 0 Å². The minimum absolute atomic E-state index is 0.0647. The standard InChI is InChI=1S/C17H16N8O7S3/c1-32-23-6(5-2-33-15(18)19-5)9(26)20-7-11(28)24-8(14(30)31)17(3-34-13(7)24)4-35-16-21-10(27)12(29)25(17)22-16/h2,7-8,13H,3-4H2,1H3,(H2,18,19)(H,20,26)(H,30,31)(H,21,22,27)/b23-6-/t7-,8-,13-,17+/m1/s1. The second kappa shape index (κ2) is 8.38. The number of hydrogen-bond donors (Lipinski definition) is 4. The van der Waals surface area contributed by atoms with Crippen LogP contribution in [0.2, 0.25) is 0 Å². The summed E-state index contributed by atoms with van der Waals surface area (Å²) in [6.45, 7) is 0. The van der Waals surface area contributed by atoms with Crippen molar-refractivity contribution in [3.05, 3.63) is 31.8 Å². The maximum atomic E-state index is 13.1. The third kappa shape index (κ3) is 3.50. The van der Waals surface area contributed by atoms with Gasteiger partial charge in [0, 0.05) is 16.9 Å². The number of anilines is 1. The van der Waals surface area contributed by atoms with Crippen LogP contribution < -0.4 is 22.2 Å². The quantitative estimate of drug-likeness (QED) is 0.136. The fourth-order valence-corrected chi connectivity index (χ4v) is 7.57. The van der Waals surface area contributed by atoms with Crippen LogP contribution in [0.3, 0.4) is 0 Å². The summed E-state index contributed by atoms with van der Waals surface area (Å²) in [6, 6.07) is -2.53. The van der Waals surface area contributed by atoms with Crippen LogP contribution in [0, 0.1) is 0 Å². The van der Waals surface area contributed by atoms with Crippen LogP contribution in [0.25, 0.3) is 0 Å². The van der Waals surface area contributed by atoms with Gasteiger partial charge in [-0.25, -0.2) is 14.5 Å². The molecule has 0 saturated carbocycles. The summed E-state index contributed by atoms with van der Waals surface area (Å²) in [5.41, 5.74) is 2.21. The monoisotopic (exact) mass is 540 g/mol. The van der Waals surface area contributed by atoms with Crippen LogP contribution in [-0.2, 0) is 24.8 Å². The summed E-state index contributed by atoms with van der Waals surface area (Å²) in [5.74, 6) is -2.61. The number of fused-ring (bicyclic) bond motifs is 4. The van der Waals surface area contributed by atoms with Crippen LogP contribution in [0.5, 0.6) is 0 Å². The van der Waals surface area contributed by atoms with Gasteiger partial charge in [-0.1, -0.05) is 16.9 Å². The highest BCUT2D eigenvalue weighted by atomic mass is 32.2. The highest BCUT2D eigenvalue weighted by Gasteiger charge is 2.65. The number of nitrogens with one attached hydrogen (secondary N) is 2. The van der Waals surface area contributed by atoms with Crippen LogP contribution in [-0.4, -0.2) is 89.3 Å². The highest BCUT2D eigenvalue weighted by molar-refractivity contribution is 8.00. The number of β-lactam (4-membered cyclic amide) rings is 1. The molecule has 2 aromatic rings. The van der Waals surface area contributed by atoms with Gasteiger partial charge in [-0.2, -0.15) is 0 Å². The Balaban J connectivity index is 1.43. The number of carboxylic acids is 1. The van der Waals surface area contributed by atoms with Gasteiger partial charge < -0.3 is 25.9 Å². The number of aromatic nitrogens is 4. The van der Waals surface area contributed by atoms with E-state index >= 15 is 0 Å². The largest absolute Gasteiger partial charge is 0.480 e. The number of hydrogen-bond acceptors (Lipinski definition) is 13. The average Bonchev–Trinajstić information content (AvgIpc) is 3.26. The number of H-pyrrole nitrogens is 1. The third-order valence-electron chi connectivity index (χ3n) is 5.73. The summed E-state index contributed by atoms with van der Waals surface area (Å²) < 4.78 is 0.884. The molecule has 0 unspecified atom stereocenters. The Labute approximate surface area is 207 Å². The molecule has 1 spiro atoms. The smallest absolute Gasteiger partial charge is 0.333 e. The number of amides is 2. The number of carbonyl (C=O) groups excluding carboxylic acids is 2. The minimum atomic E-state index is -1.48. The predicted molar refractivity (Wildman–Crippen MR) is 124 cm³/mol. The Hall–Kier alpha value is -3.38. The molecular weight excluding hydrogens is 524 g/mol. The second-order valence-electron chi connectivity index (χ2n) is 7.70. The zero-order chi connectivity index (χ0) is 25.1. The molecule has 3 aliphatic rings. The van der Waals surface area contributed by atoms with E-state index in [9.17, 15) is 29.1 Å². The lowest BCUT2D eigenvalue weighted by atomic mass is 9.87. The van der Waals surface area contributed by atoms with E-state index in [-0.39, 0.29) is 33.2 Å². The van der Waals surface area contributed by atoms with Crippen molar-refractivity contribution < 1.29 is 24.3 Å². The van der Waals surface area contributed by atoms with Crippen molar-refractivity contribution in [3.8, 4) is 0 Å². The van der Waals surface area contributed by atoms with Gasteiger partial charge in [0.25, 0.3) is 5.91 Å². The summed E-state index contributed by atoms with van der Waals surface area (Å²) in [4.78, 5) is 75.1. The van der Waals surface area contributed by atoms with Crippen LogP contribution >= 0.6 is 34.9 Å².